The second-order valence-electron chi connectivity index (χ2n) is 6.82. The molecule has 1 aromatic heterocycles. The van der Waals surface area contributed by atoms with E-state index < -0.39 is 0 Å². The van der Waals surface area contributed by atoms with Crippen LogP contribution in [0, 0.1) is 6.92 Å². The van der Waals surface area contributed by atoms with Crippen LogP contribution >= 0.6 is 0 Å². The summed E-state index contributed by atoms with van der Waals surface area (Å²) in [6.07, 6.45) is 9.64. The van der Waals surface area contributed by atoms with Crippen LogP contribution in [-0.4, -0.2) is 16.5 Å². The molecule has 0 radical (unpaired) electrons. The average Bonchev–Trinajstić information content (AvgIpc) is 2.64. The quantitative estimate of drug-likeness (QED) is 0.763. The molecule has 0 aliphatic carbocycles. The number of pyridine rings is 1. The molecule has 0 aliphatic heterocycles. The highest BCUT2D eigenvalue weighted by molar-refractivity contribution is 5.96. The van der Waals surface area contributed by atoms with Crippen LogP contribution in [0.3, 0.4) is 0 Å². The van der Waals surface area contributed by atoms with Gasteiger partial charge >= 0.3 is 0 Å². The normalized spacial score (nSPS) is 11.6. The Balaban J connectivity index is 2.64. The van der Waals surface area contributed by atoms with Crippen LogP contribution < -0.4 is 10.9 Å². The maximum atomic E-state index is 12.7. The van der Waals surface area contributed by atoms with Gasteiger partial charge in [0.1, 0.15) is 0 Å². The minimum absolute atomic E-state index is 0.00124. The fraction of sp³-hybridized carbons (Fsp3) is 0.304. The number of hydrogen-bond donors (Lipinski definition) is 1. The van der Waals surface area contributed by atoms with Crippen molar-refractivity contribution >= 4 is 12.0 Å². The van der Waals surface area contributed by atoms with Gasteiger partial charge in [0.25, 0.3) is 11.5 Å². The van der Waals surface area contributed by atoms with E-state index in [1.54, 1.807) is 10.6 Å². The molecular formula is C23H28N2O2. The van der Waals surface area contributed by atoms with Crippen molar-refractivity contribution in [3.05, 3.63) is 75.7 Å². The van der Waals surface area contributed by atoms with Crippen molar-refractivity contribution in [3.63, 3.8) is 0 Å². The summed E-state index contributed by atoms with van der Waals surface area (Å²) in [5.41, 5.74) is 4.05. The highest BCUT2D eigenvalue weighted by Gasteiger charge is 2.14. The van der Waals surface area contributed by atoms with E-state index in [1.165, 1.54) is 0 Å². The molecular weight excluding hydrogens is 336 g/mol. The Morgan fingerprint density at radius 2 is 1.96 bits per heavy atom. The monoisotopic (exact) mass is 364 g/mol. The van der Waals surface area contributed by atoms with Gasteiger partial charge in [0, 0.05) is 35.5 Å². The van der Waals surface area contributed by atoms with Crippen LogP contribution in [-0.2, 0) is 6.54 Å². The molecule has 0 fully saturated rings. The maximum Gasteiger partial charge on any atom is 0.254 e. The summed E-state index contributed by atoms with van der Waals surface area (Å²) in [6.45, 7) is 10.1. The third-order valence-corrected chi connectivity index (χ3v) is 4.29. The first-order valence-corrected chi connectivity index (χ1v) is 9.28. The van der Waals surface area contributed by atoms with Crippen LogP contribution in [0.2, 0.25) is 0 Å². The highest BCUT2D eigenvalue weighted by atomic mass is 16.1. The Morgan fingerprint density at radius 1 is 1.22 bits per heavy atom. The van der Waals surface area contributed by atoms with Crippen LogP contribution in [0.1, 0.15) is 49.2 Å². The Labute approximate surface area is 161 Å². The van der Waals surface area contributed by atoms with E-state index in [2.05, 4.69) is 5.32 Å². The Hall–Kier alpha value is -2.88. The molecule has 0 saturated heterocycles. The topological polar surface area (TPSA) is 51.1 Å². The SMILES string of the molecule is C/C=C\c1c(-c2cccc(C(=O)NC(C)C)c2)cn(C/C=C/C)c(=O)c1C. The van der Waals surface area contributed by atoms with Gasteiger partial charge in [-0.15, -0.1) is 0 Å². The minimum Gasteiger partial charge on any atom is -0.350 e. The molecule has 1 amide bonds. The Bertz CT molecular complexity index is 934. The molecule has 0 unspecified atom stereocenters. The van der Waals surface area contributed by atoms with E-state index in [0.29, 0.717) is 17.7 Å². The van der Waals surface area contributed by atoms with Crippen molar-refractivity contribution in [1.82, 2.24) is 9.88 Å². The summed E-state index contributed by atoms with van der Waals surface area (Å²) in [5, 5.41) is 2.92. The molecule has 2 rings (SSSR count). The van der Waals surface area contributed by atoms with Gasteiger partial charge in [-0.3, -0.25) is 9.59 Å². The Kier molecular flexibility index (Phi) is 6.94. The van der Waals surface area contributed by atoms with Gasteiger partial charge < -0.3 is 9.88 Å². The van der Waals surface area contributed by atoms with E-state index in [4.69, 9.17) is 0 Å². The van der Waals surface area contributed by atoms with Gasteiger partial charge in [0.05, 0.1) is 0 Å². The zero-order valence-corrected chi connectivity index (χ0v) is 16.7. The molecule has 27 heavy (non-hydrogen) atoms. The van der Waals surface area contributed by atoms with Gasteiger partial charge in [-0.1, -0.05) is 36.4 Å². The summed E-state index contributed by atoms with van der Waals surface area (Å²) in [6, 6.07) is 7.60. The lowest BCUT2D eigenvalue weighted by Gasteiger charge is -2.15. The molecule has 4 nitrogen and oxygen atoms in total. The number of allylic oxidation sites excluding steroid dienone is 3. The summed E-state index contributed by atoms with van der Waals surface area (Å²) in [7, 11) is 0. The number of carbonyl (C=O) groups is 1. The van der Waals surface area contributed by atoms with Gasteiger partial charge in [-0.05, 0) is 57.9 Å². The molecule has 0 atom stereocenters. The molecule has 142 valence electrons. The smallest absolute Gasteiger partial charge is 0.254 e. The van der Waals surface area contributed by atoms with Crippen molar-refractivity contribution in [1.29, 1.82) is 0 Å². The molecule has 2 aromatic rings. The number of rotatable bonds is 6. The molecule has 0 aliphatic rings. The van der Waals surface area contributed by atoms with E-state index in [9.17, 15) is 9.59 Å². The molecule has 0 bridgehead atoms. The van der Waals surface area contributed by atoms with Crippen LogP contribution in [0.5, 0.6) is 0 Å². The lowest BCUT2D eigenvalue weighted by Crippen LogP contribution is -2.30. The number of benzene rings is 1. The zero-order valence-electron chi connectivity index (χ0n) is 16.7. The molecule has 0 spiro atoms. The number of carbonyl (C=O) groups excluding carboxylic acids is 1. The number of nitrogens with zero attached hydrogens (tertiary/aromatic N) is 1. The molecule has 0 saturated carbocycles. The molecule has 1 heterocycles. The zero-order chi connectivity index (χ0) is 20.0. The lowest BCUT2D eigenvalue weighted by atomic mass is 9.96. The van der Waals surface area contributed by atoms with Gasteiger partial charge in [0.15, 0.2) is 0 Å². The summed E-state index contributed by atoms with van der Waals surface area (Å²) in [5.74, 6) is -0.0987. The lowest BCUT2D eigenvalue weighted by molar-refractivity contribution is 0.0943. The fourth-order valence-electron chi connectivity index (χ4n) is 2.96. The molecule has 1 aromatic carbocycles. The van der Waals surface area contributed by atoms with Gasteiger partial charge in [-0.25, -0.2) is 0 Å². The van der Waals surface area contributed by atoms with Crippen molar-refractivity contribution in [2.24, 2.45) is 0 Å². The van der Waals surface area contributed by atoms with E-state index in [1.807, 2.05) is 83.3 Å². The third kappa shape index (κ3) is 4.85. The number of aromatic nitrogens is 1. The van der Waals surface area contributed by atoms with Crippen LogP contribution in [0.15, 0.2) is 53.5 Å². The number of nitrogens with one attached hydrogen (secondary N) is 1. The molecule has 4 heteroatoms. The summed E-state index contributed by atoms with van der Waals surface area (Å²) in [4.78, 5) is 25.1. The predicted molar refractivity (Wildman–Crippen MR) is 113 cm³/mol. The second kappa shape index (κ2) is 9.17. The standard InChI is InChI=1S/C23H28N2O2/c1-6-8-13-25-15-21(20(10-7-2)17(5)23(25)27)18-11-9-12-19(14-18)22(26)24-16(3)4/h6-12,14-16H,13H2,1-5H3,(H,24,26)/b8-6+,10-7-. The average molecular weight is 364 g/mol. The predicted octanol–water partition coefficient (Wildman–Crippen LogP) is 4.57. The van der Waals surface area contributed by atoms with E-state index in [0.717, 1.165) is 16.7 Å². The van der Waals surface area contributed by atoms with Gasteiger partial charge in [-0.2, -0.15) is 0 Å². The van der Waals surface area contributed by atoms with E-state index >= 15 is 0 Å². The largest absolute Gasteiger partial charge is 0.350 e. The maximum absolute atomic E-state index is 12.7. The van der Waals surface area contributed by atoms with Crippen LogP contribution in [0.4, 0.5) is 0 Å². The van der Waals surface area contributed by atoms with Crippen LogP contribution in [0.25, 0.3) is 17.2 Å². The minimum atomic E-state index is -0.0987. The van der Waals surface area contributed by atoms with Crippen molar-refractivity contribution in [2.45, 2.75) is 47.2 Å². The fourth-order valence-corrected chi connectivity index (χ4v) is 2.96. The van der Waals surface area contributed by atoms with Crippen molar-refractivity contribution in [2.75, 3.05) is 0 Å². The molecule has 1 N–H and O–H groups in total. The first-order valence-electron chi connectivity index (χ1n) is 9.28. The second-order valence-corrected chi connectivity index (χ2v) is 6.82. The number of hydrogen-bond acceptors (Lipinski definition) is 2. The summed E-state index contributed by atoms with van der Waals surface area (Å²) < 4.78 is 1.71. The summed E-state index contributed by atoms with van der Waals surface area (Å²) >= 11 is 0. The first-order chi connectivity index (χ1) is 12.9. The highest BCUT2D eigenvalue weighted by Crippen LogP contribution is 2.27. The first kappa shape index (κ1) is 20.4. The Morgan fingerprint density at radius 3 is 2.59 bits per heavy atom. The van der Waals surface area contributed by atoms with Crippen molar-refractivity contribution < 1.29 is 4.79 Å². The van der Waals surface area contributed by atoms with Crippen molar-refractivity contribution in [3.8, 4) is 11.1 Å². The number of amides is 1. The van der Waals surface area contributed by atoms with Gasteiger partial charge in [0.2, 0.25) is 0 Å². The third-order valence-electron chi connectivity index (χ3n) is 4.29. The van der Waals surface area contributed by atoms with E-state index in [-0.39, 0.29) is 17.5 Å².